The maximum atomic E-state index is 12.3. The molecule has 0 aliphatic carbocycles. The fourth-order valence-corrected chi connectivity index (χ4v) is 5.30. The van der Waals surface area contributed by atoms with Crippen LogP contribution in [0.1, 0.15) is 32.9 Å². The molecule has 8 nitrogen and oxygen atoms in total. The van der Waals surface area contributed by atoms with Crippen LogP contribution in [0.3, 0.4) is 0 Å². The van der Waals surface area contributed by atoms with Gasteiger partial charge in [-0.2, -0.15) is 0 Å². The Labute approximate surface area is 243 Å². The first-order chi connectivity index (χ1) is 19.9. The Kier molecular flexibility index (Phi) is 10.5. The van der Waals surface area contributed by atoms with E-state index >= 15 is 0 Å². The number of carboxylic acids is 1. The number of benzene rings is 3. The van der Waals surface area contributed by atoms with E-state index in [0.29, 0.717) is 5.69 Å². The molecular formula is C32H33N3O5S. The van der Waals surface area contributed by atoms with Crippen LogP contribution in [0.4, 0.5) is 21.0 Å². The lowest BCUT2D eigenvalue weighted by atomic mass is 10.1. The third-order valence-electron chi connectivity index (χ3n) is 6.42. The maximum absolute atomic E-state index is 12.3. The number of ether oxygens (including phenoxy) is 1. The van der Waals surface area contributed by atoms with E-state index in [1.807, 2.05) is 97.9 Å². The van der Waals surface area contributed by atoms with Gasteiger partial charge in [0.25, 0.3) is 0 Å². The number of hydrogen-bond acceptors (Lipinski definition) is 5. The van der Waals surface area contributed by atoms with Gasteiger partial charge in [-0.1, -0.05) is 60.7 Å². The second-order valence-electron chi connectivity index (χ2n) is 9.61. The summed E-state index contributed by atoms with van der Waals surface area (Å²) in [5, 5.41) is 17.8. The van der Waals surface area contributed by atoms with Gasteiger partial charge in [0.15, 0.2) is 0 Å². The van der Waals surface area contributed by atoms with Crippen LogP contribution in [0.2, 0.25) is 0 Å². The number of urea groups is 1. The van der Waals surface area contributed by atoms with E-state index in [9.17, 15) is 19.5 Å². The van der Waals surface area contributed by atoms with E-state index < -0.39 is 18.1 Å². The van der Waals surface area contributed by atoms with Crippen molar-refractivity contribution in [1.82, 2.24) is 5.32 Å². The Morgan fingerprint density at radius 3 is 2.24 bits per heavy atom. The maximum Gasteiger partial charge on any atom is 0.408 e. The average Bonchev–Trinajstić information content (AvgIpc) is 3.41. The van der Waals surface area contributed by atoms with Gasteiger partial charge < -0.3 is 25.8 Å². The van der Waals surface area contributed by atoms with Gasteiger partial charge in [-0.25, -0.2) is 14.4 Å². The highest BCUT2D eigenvalue weighted by Gasteiger charge is 2.22. The second kappa shape index (κ2) is 14.7. The lowest BCUT2D eigenvalue weighted by Crippen LogP contribution is -2.42. The smallest absolute Gasteiger partial charge is 0.408 e. The summed E-state index contributed by atoms with van der Waals surface area (Å²) in [6, 6.07) is 27.2. The Hall–Kier alpha value is -4.63. The highest BCUT2D eigenvalue weighted by atomic mass is 32.1. The first-order valence-electron chi connectivity index (χ1n) is 13.4. The molecule has 0 saturated heterocycles. The zero-order valence-corrected chi connectivity index (χ0v) is 23.6. The van der Waals surface area contributed by atoms with Crippen LogP contribution in [0, 0.1) is 6.92 Å². The van der Waals surface area contributed by atoms with Gasteiger partial charge >= 0.3 is 18.1 Å². The van der Waals surface area contributed by atoms with Crippen molar-refractivity contribution in [3.05, 3.63) is 117 Å². The van der Waals surface area contributed by atoms with Crippen LogP contribution in [0.5, 0.6) is 0 Å². The molecule has 3 amide bonds. The van der Waals surface area contributed by atoms with Crippen molar-refractivity contribution in [3.8, 4) is 0 Å². The van der Waals surface area contributed by atoms with Gasteiger partial charge in [0.05, 0.1) is 0 Å². The zero-order chi connectivity index (χ0) is 29.0. The van der Waals surface area contributed by atoms with E-state index in [1.54, 1.807) is 11.3 Å². The van der Waals surface area contributed by atoms with Crippen LogP contribution < -0.4 is 16.0 Å². The molecule has 0 spiro atoms. The molecule has 0 aliphatic heterocycles. The number of alkyl carbamates (subject to hydrolysis) is 1. The number of rotatable bonds is 12. The second-order valence-corrected chi connectivity index (χ2v) is 10.9. The van der Waals surface area contributed by atoms with Crippen molar-refractivity contribution < 1.29 is 24.2 Å². The number of amides is 3. The highest BCUT2D eigenvalue weighted by Crippen LogP contribution is 2.21. The van der Waals surface area contributed by atoms with E-state index in [0.717, 1.165) is 51.4 Å². The fraction of sp³-hybridized carbons (Fsp3) is 0.219. The number of thiophene rings is 1. The van der Waals surface area contributed by atoms with Crippen molar-refractivity contribution in [2.24, 2.45) is 0 Å². The quantitative estimate of drug-likeness (QED) is 0.149. The summed E-state index contributed by atoms with van der Waals surface area (Å²) < 4.78 is 5.17. The Balaban J connectivity index is 1.19. The van der Waals surface area contributed by atoms with Gasteiger partial charge in [-0.05, 0) is 73.2 Å². The fourth-order valence-electron chi connectivity index (χ4n) is 4.19. The molecule has 9 heteroatoms. The molecule has 41 heavy (non-hydrogen) atoms. The molecule has 4 N–H and O–H groups in total. The minimum atomic E-state index is -1.11. The summed E-state index contributed by atoms with van der Waals surface area (Å²) in [5.41, 5.74) is 4.47. The Bertz CT molecular complexity index is 1450. The van der Waals surface area contributed by atoms with Crippen LogP contribution in [-0.4, -0.2) is 29.2 Å². The molecule has 1 aromatic heterocycles. The van der Waals surface area contributed by atoms with Gasteiger partial charge in [0.1, 0.15) is 12.6 Å². The van der Waals surface area contributed by atoms with Crippen LogP contribution in [0.15, 0.2) is 91.0 Å². The molecule has 1 heterocycles. The van der Waals surface area contributed by atoms with E-state index in [-0.39, 0.29) is 19.1 Å². The summed E-state index contributed by atoms with van der Waals surface area (Å²) in [6.45, 7) is 2.02. The molecule has 3 aromatic carbocycles. The number of carbonyl (C=O) groups excluding carboxylic acids is 2. The molecule has 1 unspecified atom stereocenters. The molecule has 0 aliphatic rings. The molecular weight excluding hydrogens is 538 g/mol. The molecule has 0 saturated carbocycles. The molecule has 1 atom stereocenters. The zero-order valence-electron chi connectivity index (χ0n) is 22.8. The van der Waals surface area contributed by atoms with Crippen LogP contribution in [-0.2, 0) is 35.4 Å². The first kappa shape index (κ1) is 29.4. The monoisotopic (exact) mass is 571 g/mol. The number of para-hydroxylation sites is 1. The van der Waals surface area contributed by atoms with Crippen molar-refractivity contribution in [1.29, 1.82) is 0 Å². The molecule has 0 radical (unpaired) electrons. The molecule has 0 bridgehead atoms. The highest BCUT2D eigenvalue weighted by molar-refractivity contribution is 7.12. The summed E-state index contributed by atoms with van der Waals surface area (Å²) in [4.78, 5) is 38.2. The van der Waals surface area contributed by atoms with Crippen molar-refractivity contribution in [2.45, 2.75) is 45.3 Å². The summed E-state index contributed by atoms with van der Waals surface area (Å²) in [5.74, 6) is -1.11. The predicted octanol–water partition coefficient (Wildman–Crippen LogP) is 6.80. The summed E-state index contributed by atoms with van der Waals surface area (Å²) in [6.07, 6.45) is 2.08. The Morgan fingerprint density at radius 1 is 0.805 bits per heavy atom. The minimum Gasteiger partial charge on any atom is -0.480 e. The van der Waals surface area contributed by atoms with Crippen LogP contribution >= 0.6 is 11.3 Å². The van der Waals surface area contributed by atoms with Crippen LogP contribution in [0.25, 0.3) is 0 Å². The number of aliphatic carboxylic acids is 1. The first-order valence-corrected chi connectivity index (χ1v) is 14.2. The third kappa shape index (κ3) is 9.51. The lowest BCUT2D eigenvalue weighted by molar-refractivity contribution is -0.139. The molecule has 212 valence electrons. The normalized spacial score (nSPS) is 11.3. The average molecular weight is 572 g/mol. The van der Waals surface area contributed by atoms with E-state index in [2.05, 4.69) is 16.0 Å². The SMILES string of the molecule is Cc1ccccc1NC(=O)Nc1ccc(CCCc2ccc(CC(NC(=O)OCc3ccccc3)C(=O)O)s2)cc1. The van der Waals surface area contributed by atoms with E-state index in [4.69, 9.17) is 4.74 Å². The number of aryl methyl sites for hydroxylation is 3. The number of carboxylic acid groups (broad SMARTS) is 1. The van der Waals surface area contributed by atoms with Crippen molar-refractivity contribution >= 4 is 40.8 Å². The summed E-state index contributed by atoms with van der Waals surface area (Å²) >= 11 is 1.55. The van der Waals surface area contributed by atoms with Gasteiger partial charge in [0, 0.05) is 27.5 Å². The predicted molar refractivity (Wildman–Crippen MR) is 161 cm³/mol. The number of anilines is 2. The van der Waals surface area contributed by atoms with E-state index in [1.165, 1.54) is 0 Å². The number of nitrogens with one attached hydrogen (secondary N) is 3. The minimum absolute atomic E-state index is 0.0741. The van der Waals surface area contributed by atoms with Gasteiger partial charge in [0.2, 0.25) is 0 Å². The standard InChI is InChI=1S/C32H33N3O5S/c1-22-8-5-6-13-28(22)34-31(38)33-25-16-14-23(15-17-25)11-7-12-26-18-19-27(41-26)20-29(30(36)37)35-32(39)40-21-24-9-3-2-4-10-24/h2-6,8-10,13-19,29H,7,11-12,20-21H2,1H3,(H,35,39)(H,36,37)(H2,33,34,38). The van der Waals surface area contributed by atoms with Crippen molar-refractivity contribution in [2.75, 3.05) is 10.6 Å². The molecule has 4 rings (SSSR count). The summed E-state index contributed by atoms with van der Waals surface area (Å²) in [7, 11) is 0. The van der Waals surface area contributed by atoms with Gasteiger partial charge in [-0.15, -0.1) is 11.3 Å². The largest absolute Gasteiger partial charge is 0.480 e. The topological polar surface area (TPSA) is 117 Å². The van der Waals surface area contributed by atoms with Gasteiger partial charge in [-0.3, -0.25) is 0 Å². The third-order valence-corrected chi connectivity index (χ3v) is 7.59. The Morgan fingerprint density at radius 2 is 1.51 bits per heavy atom. The van der Waals surface area contributed by atoms with Crippen molar-refractivity contribution in [3.63, 3.8) is 0 Å². The molecule has 4 aromatic rings. The molecule has 0 fully saturated rings. The number of carbonyl (C=O) groups is 3. The lowest BCUT2D eigenvalue weighted by Gasteiger charge is -2.14. The number of hydrogen-bond donors (Lipinski definition) is 4.